The highest BCUT2D eigenvalue weighted by Crippen LogP contribution is 2.02. The lowest BCUT2D eigenvalue weighted by Crippen LogP contribution is -2.01. The van der Waals surface area contributed by atoms with E-state index in [1.54, 1.807) is 10.9 Å². The highest BCUT2D eigenvalue weighted by atomic mass is 35.5. The average molecular weight is 237 g/mol. The van der Waals surface area contributed by atoms with E-state index >= 15 is 0 Å². The standard InChI is InChI=1S/C11H13ClN4/c12-6-3-5-11-9-16(15-14-11)8-10-4-1-2-7-13-10/h1-2,4,7,9H,3,5-6,8H2. The molecule has 0 spiro atoms. The van der Waals surface area contributed by atoms with E-state index in [9.17, 15) is 0 Å². The summed E-state index contributed by atoms with van der Waals surface area (Å²) in [6.07, 6.45) is 5.54. The molecule has 0 aliphatic rings. The first-order valence-electron chi connectivity index (χ1n) is 5.23. The van der Waals surface area contributed by atoms with Crippen LogP contribution in [0.2, 0.25) is 0 Å². The van der Waals surface area contributed by atoms with E-state index in [2.05, 4.69) is 15.3 Å². The zero-order valence-corrected chi connectivity index (χ0v) is 9.64. The molecule has 2 aromatic rings. The van der Waals surface area contributed by atoms with Crippen LogP contribution in [-0.4, -0.2) is 25.9 Å². The van der Waals surface area contributed by atoms with Crippen LogP contribution < -0.4 is 0 Å². The first kappa shape index (κ1) is 11.1. The van der Waals surface area contributed by atoms with E-state index in [0.29, 0.717) is 12.4 Å². The zero-order valence-electron chi connectivity index (χ0n) is 8.88. The molecule has 2 aromatic heterocycles. The molecule has 0 aromatic carbocycles. The molecule has 0 unspecified atom stereocenters. The molecule has 0 N–H and O–H groups in total. The molecule has 2 rings (SSSR count). The summed E-state index contributed by atoms with van der Waals surface area (Å²) in [7, 11) is 0. The number of pyridine rings is 1. The molecule has 2 heterocycles. The van der Waals surface area contributed by atoms with Crippen LogP contribution in [0.5, 0.6) is 0 Å². The van der Waals surface area contributed by atoms with E-state index in [4.69, 9.17) is 11.6 Å². The summed E-state index contributed by atoms with van der Waals surface area (Å²) in [6.45, 7) is 0.661. The van der Waals surface area contributed by atoms with Crippen molar-refractivity contribution >= 4 is 11.6 Å². The molecule has 0 aliphatic heterocycles. The summed E-state index contributed by atoms with van der Waals surface area (Å²) in [5, 5.41) is 8.12. The summed E-state index contributed by atoms with van der Waals surface area (Å²) in [5.41, 5.74) is 1.97. The van der Waals surface area contributed by atoms with Gasteiger partial charge in [-0.3, -0.25) is 4.98 Å². The Morgan fingerprint density at radius 1 is 1.25 bits per heavy atom. The van der Waals surface area contributed by atoms with Crippen molar-refractivity contribution in [1.29, 1.82) is 0 Å². The Bertz CT molecular complexity index is 427. The number of hydrogen-bond donors (Lipinski definition) is 0. The van der Waals surface area contributed by atoms with Gasteiger partial charge in [-0.05, 0) is 25.0 Å². The van der Waals surface area contributed by atoms with Crippen LogP contribution in [-0.2, 0) is 13.0 Å². The van der Waals surface area contributed by atoms with Crippen LogP contribution in [0.3, 0.4) is 0 Å². The van der Waals surface area contributed by atoms with E-state index in [1.807, 2.05) is 24.4 Å². The average Bonchev–Trinajstić information content (AvgIpc) is 2.75. The first-order valence-corrected chi connectivity index (χ1v) is 5.77. The largest absolute Gasteiger partial charge is 0.259 e. The Labute approximate surface area is 99.3 Å². The van der Waals surface area contributed by atoms with Crippen molar-refractivity contribution in [3.63, 3.8) is 0 Å². The Morgan fingerprint density at radius 2 is 2.19 bits per heavy atom. The van der Waals surface area contributed by atoms with Gasteiger partial charge in [-0.15, -0.1) is 16.7 Å². The van der Waals surface area contributed by atoms with Gasteiger partial charge >= 0.3 is 0 Å². The molecule has 0 saturated heterocycles. The number of rotatable bonds is 5. The zero-order chi connectivity index (χ0) is 11.2. The van der Waals surface area contributed by atoms with E-state index < -0.39 is 0 Å². The highest BCUT2D eigenvalue weighted by molar-refractivity contribution is 6.17. The number of alkyl halides is 1. The summed E-state index contributed by atoms with van der Waals surface area (Å²) in [5.74, 6) is 0.660. The van der Waals surface area contributed by atoms with Gasteiger partial charge in [0.2, 0.25) is 0 Å². The number of hydrogen-bond acceptors (Lipinski definition) is 3. The molecule has 0 bridgehead atoms. The van der Waals surface area contributed by atoms with Crippen molar-refractivity contribution in [3.05, 3.63) is 42.0 Å². The molecule has 0 fully saturated rings. The second kappa shape index (κ2) is 5.61. The lowest BCUT2D eigenvalue weighted by molar-refractivity contribution is 0.638. The Morgan fingerprint density at radius 3 is 2.94 bits per heavy atom. The third kappa shape index (κ3) is 3.03. The fraction of sp³-hybridized carbons (Fsp3) is 0.364. The van der Waals surface area contributed by atoms with Gasteiger partial charge in [0, 0.05) is 18.3 Å². The van der Waals surface area contributed by atoms with Gasteiger partial charge in [-0.1, -0.05) is 11.3 Å². The molecular weight excluding hydrogens is 224 g/mol. The number of nitrogens with zero attached hydrogens (tertiary/aromatic N) is 4. The molecule has 5 heteroatoms. The van der Waals surface area contributed by atoms with Crippen LogP contribution in [0.25, 0.3) is 0 Å². The molecule has 4 nitrogen and oxygen atoms in total. The van der Waals surface area contributed by atoms with E-state index in [-0.39, 0.29) is 0 Å². The number of aromatic nitrogens is 4. The molecular formula is C11H13ClN4. The van der Waals surface area contributed by atoms with Crippen LogP contribution in [0.15, 0.2) is 30.6 Å². The monoisotopic (exact) mass is 236 g/mol. The minimum atomic E-state index is 0.660. The second-order valence-electron chi connectivity index (χ2n) is 3.52. The molecule has 16 heavy (non-hydrogen) atoms. The Hall–Kier alpha value is -1.42. The van der Waals surface area contributed by atoms with Crippen molar-refractivity contribution in [2.24, 2.45) is 0 Å². The van der Waals surface area contributed by atoms with Crippen molar-refractivity contribution in [2.75, 3.05) is 5.88 Å². The Balaban J connectivity index is 1.97. The topological polar surface area (TPSA) is 43.6 Å². The minimum Gasteiger partial charge on any atom is -0.259 e. The molecule has 0 saturated carbocycles. The summed E-state index contributed by atoms with van der Waals surface area (Å²) in [6, 6.07) is 5.84. The lowest BCUT2D eigenvalue weighted by Gasteiger charge is -1.98. The first-order chi connectivity index (χ1) is 7.88. The van der Waals surface area contributed by atoms with Gasteiger partial charge in [0.25, 0.3) is 0 Å². The van der Waals surface area contributed by atoms with Gasteiger partial charge in [0.15, 0.2) is 0 Å². The third-order valence-corrected chi connectivity index (χ3v) is 2.47. The molecule has 0 atom stereocenters. The molecule has 84 valence electrons. The summed E-state index contributed by atoms with van der Waals surface area (Å²) >= 11 is 5.62. The predicted molar refractivity (Wildman–Crippen MR) is 62.4 cm³/mol. The van der Waals surface area contributed by atoms with Crippen LogP contribution >= 0.6 is 11.6 Å². The molecule has 0 aliphatic carbocycles. The maximum Gasteiger partial charge on any atom is 0.0849 e. The normalized spacial score (nSPS) is 10.6. The highest BCUT2D eigenvalue weighted by Gasteiger charge is 2.01. The predicted octanol–water partition coefficient (Wildman–Crippen LogP) is 1.89. The third-order valence-electron chi connectivity index (χ3n) is 2.20. The van der Waals surface area contributed by atoms with E-state index in [1.165, 1.54) is 0 Å². The molecule has 0 amide bonds. The second-order valence-corrected chi connectivity index (χ2v) is 3.90. The van der Waals surface area contributed by atoms with Crippen LogP contribution in [0.4, 0.5) is 0 Å². The quantitative estimate of drug-likeness (QED) is 0.745. The summed E-state index contributed by atoms with van der Waals surface area (Å²) < 4.78 is 1.80. The number of aryl methyl sites for hydroxylation is 1. The fourth-order valence-electron chi connectivity index (χ4n) is 1.44. The van der Waals surface area contributed by atoms with Gasteiger partial charge in [0.1, 0.15) is 0 Å². The van der Waals surface area contributed by atoms with Crippen molar-refractivity contribution in [2.45, 2.75) is 19.4 Å². The van der Waals surface area contributed by atoms with E-state index in [0.717, 1.165) is 24.2 Å². The Kier molecular flexibility index (Phi) is 3.88. The minimum absolute atomic E-state index is 0.660. The van der Waals surface area contributed by atoms with Crippen molar-refractivity contribution < 1.29 is 0 Å². The maximum atomic E-state index is 5.62. The van der Waals surface area contributed by atoms with Gasteiger partial charge in [0.05, 0.1) is 17.9 Å². The van der Waals surface area contributed by atoms with Crippen LogP contribution in [0.1, 0.15) is 17.8 Å². The lowest BCUT2D eigenvalue weighted by atomic mass is 10.3. The van der Waals surface area contributed by atoms with Gasteiger partial charge in [-0.25, -0.2) is 4.68 Å². The smallest absolute Gasteiger partial charge is 0.0849 e. The van der Waals surface area contributed by atoms with Crippen LogP contribution in [0, 0.1) is 0 Å². The van der Waals surface area contributed by atoms with Gasteiger partial charge < -0.3 is 0 Å². The SMILES string of the molecule is ClCCCc1cn(Cc2ccccn2)nn1. The molecule has 0 radical (unpaired) electrons. The van der Waals surface area contributed by atoms with Crippen molar-refractivity contribution in [3.8, 4) is 0 Å². The van der Waals surface area contributed by atoms with Gasteiger partial charge in [-0.2, -0.15) is 0 Å². The fourth-order valence-corrected chi connectivity index (χ4v) is 1.57. The van der Waals surface area contributed by atoms with Crippen molar-refractivity contribution in [1.82, 2.24) is 20.0 Å². The number of halogens is 1. The maximum absolute atomic E-state index is 5.62. The summed E-state index contributed by atoms with van der Waals surface area (Å²) in [4.78, 5) is 4.24.